The largest absolute Gasteiger partial charge is 0.512 e. The van der Waals surface area contributed by atoms with Crippen molar-refractivity contribution in [1.29, 1.82) is 0 Å². The van der Waals surface area contributed by atoms with Gasteiger partial charge in [-0.2, -0.15) is 0 Å². The molecule has 0 heterocycles. The van der Waals surface area contributed by atoms with Crippen LogP contribution in [0.2, 0.25) is 0 Å². The molecule has 1 aromatic rings. The fraction of sp³-hybridized carbons (Fsp3) is 0.333. The highest BCUT2D eigenvalue weighted by Gasteiger charge is 2.13. The maximum Gasteiger partial charge on any atom is 0.0925 e. The first-order valence-corrected chi connectivity index (χ1v) is 6.22. The van der Waals surface area contributed by atoms with Crippen LogP contribution in [0, 0.1) is 6.92 Å². The zero-order valence-corrected chi connectivity index (χ0v) is 10.6. The topological polar surface area (TPSA) is 52.5 Å². The number of allylic oxidation sites excluding steroid dienone is 3. The van der Waals surface area contributed by atoms with Crippen molar-refractivity contribution in [3.8, 4) is 0 Å². The lowest BCUT2D eigenvalue weighted by Gasteiger charge is -2.18. The van der Waals surface area contributed by atoms with Crippen LogP contribution in [0.25, 0.3) is 0 Å². The van der Waals surface area contributed by atoms with Crippen LogP contribution in [0.1, 0.15) is 18.4 Å². The van der Waals surface area contributed by atoms with Gasteiger partial charge in [0.15, 0.2) is 0 Å². The Kier molecular flexibility index (Phi) is 4.05. The number of benzene rings is 1. The molecule has 1 aromatic carbocycles. The van der Waals surface area contributed by atoms with Crippen LogP contribution in [-0.4, -0.2) is 22.9 Å². The monoisotopic (exact) mass is 245 g/mol. The van der Waals surface area contributed by atoms with Crippen molar-refractivity contribution in [2.45, 2.75) is 25.9 Å². The first-order valence-electron chi connectivity index (χ1n) is 6.22. The Hall–Kier alpha value is -1.74. The Morgan fingerprint density at radius 3 is 2.50 bits per heavy atom. The second-order valence-corrected chi connectivity index (χ2v) is 4.66. The number of rotatable bonds is 4. The molecular weight excluding hydrogens is 226 g/mol. The van der Waals surface area contributed by atoms with E-state index < -0.39 is 6.10 Å². The predicted molar refractivity (Wildman–Crippen MR) is 73.7 cm³/mol. The summed E-state index contributed by atoms with van der Waals surface area (Å²) in [5, 5.41) is 22.5. The van der Waals surface area contributed by atoms with E-state index in [1.807, 2.05) is 31.2 Å². The summed E-state index contributed by atoms with van der Waals surface area (Å²) in [6.45, 7) is 2.54. The van der Waals surface area contributed by atoms with Crippen molar-refractivity contribution in [2.24, 2.45) is 0 Å². The molecule has 0 amide bonds. The van der Waals surface area contributed by atoms with Gasteiger partial charge in [0.25, 0.3) is 0 Å². The van der Waals surface area contributed by atoms with Gasteiger partial charge in [-0.15, -0.1) is 0 Å². The Bertz CT molecular complexity index is 460. The van der Waals surface area contributed by atoms with Crippen molar-refractivity contribution in [1.82, 2.24) is 0 Å². The predicted octanol–water partition coefficient (Wildman–Crippen LogP) is 2.93. The van der Waals surface area contributed by atoms with Gasteiger partial charge in [-0.05, 0) is 37.1 Å². The summed E-state index contributed by atoms with van der Waals surface area (Å²) in [6.07, 6.45) is 4.30. The smallest absolute Gasteiger partial charge is 0.0925 e. The highest BCUT2D eigenvalue weighted by molar-refractivity contribution is 5.44. The molecule has 0 saturated heterocycles. The molecule has 0 bridgehead atoms. The number of aliphatic hydroxyl groups excluding tert-OH is 2. The molecule has 18 heavy (non-hydrogen) atoms. The molecule has 3 nitrogen and oxygen atoms in total. The van der Waals surface area contributed by atoms with E-state index in [9.17, 15) is 10.2 Å². The van der Waals surface area contributed by atoms with Crippen LogP contribution < -0.4 is 5.32 Å². The minimum Gasteiger partial charge on any atom is -0.512 e. The number of hydrogen-bond donors (Lipinski definition) is 3. The van der Waals surface area contributed by atoms with Gasteiger partial charge in [-0.3, -0.25) is 0 Å². The Morgan fingerprint density at radius 1 is 1.17 bits per heavy atom. The number of hydrogen-bond acceptors (Lipinski definition) is 3. The number of anilines is 1. The number of nitrogens with one attached hydrogen (secondary N) is 1. The van der Waals surface area contributed by atoms with Crippen molar-refractivity contribution in [3.05, 3.63) is 53.3 Å². The average Bonchev–Trinajstić information content (AvgIpc) is 2.38. The van der Waals surface area contributed by atoms with E-state index in [0.717, 1.165) is 17.7 Å². The summed E-state index contributed by atoms with van der Waals surface area (Å²) in [6, 6.07) is 8.08. The highest BCUT2D eigenvalue weighted by atomic mass is 16.3. The van der Waals surface area contributed by atoms with Gasteiger partial charge in [0.1, 0.15) is 0 Å². The lowest BCUT2D eigenvalue weighted by molar-refractivity contribution is 0.217. The molecule has 0 saturated carbocycles. The molecule has 1 atom stereocenters. The molecule has 0 aromatic heterocycles. The van der Waals surface area contributed by atoms with E-state index in [-0.39, 0.29) is 0 Å². The van der Waals surface area contributed by atoms with E-state index >= 15 is 0 Å². The molecule has 0 radical (unpaired) electrons. The summed E-state index contributed by atoms with van der Waals surface area (Å²) in [7, 11) is 0. The fourth-order valence-electron chi connectivity index (χ4n) is 1.94. The highest BCUT2D eigenvalue weighted by Crippen LogP contribution is 2.19. The lowest BCUT2D eigenvalue weighted by Crippen LogP contribution is -2.22. The van der Waals surface area contributed by atoms with Gasteiger partial charge < -0.3 is 15.5 Å². The third-order valence-corrected chi connectivity index (χ3v) is 3.14. The van der Waals surface area contributed by atoms with Crippen molar-refractivity contribution < 1.29 is 10.2 Å². The molecule has 1 aliphatic carbocycles. The Labute approximate surface area is 107 Å². The maximum absolute atomic E-state index is 10.0. The fourth-order valence-corrected chi connectivity index (χ4v) is 1.94. The Balaban J connectivity index is 1.88. The standard InChI is InChI=1S/C15H19NO2/c1-11-2-6-13(7-3-11)16-10-15(18)12-4-8-14(17)9-5-12/h2-4,6-8,15-18H,5,9-10H2,1H3. The molecule has 0 fully saturated rings. The van der Waals surface area contributed by atoms with E-state index in [1.165, 1.54) is 5.56 Å². The van der Waals surface area contributed by atoms with Crippen LogP contribution in [0.15, 0.2) is 47.7 Å². The summed E-state index contributed by atoms with van der Waals surface area (Å²) in [4.78, 5) is 0. The SMILES string of the molecule is Cc1ccc(NCC(O)C2=CC=C(O)CC2)cc1. The van der Waals surface area contributed by atoms with E-state index in [0.29, 0.717) is 18.7 Å². The number of aliphatic hydroxyl groups is 2. The molecule has 2 rings (SSSR count). The van der Waals surface area contributed by atoms with Crippen LogP contribution in [0.4, 0.5) is 5.69 Å². The molecule has 3 N–H and O–H groups in total. The quantitative estimate of drug-likeness (QED) is 0.764. The second-order valence-electron chi connectivity index (χ2n) is 4.66. The van der Waals surface area contributed by atoms with Crippen LogP contribution in [-0.2, 0) is 0 Å². The normalized spacial score (nSPS) is 16.8. The molecule has 1 unspecified atom stereocenters. The number of aryl methyl sites for hydroxylation is 1. The van der Waals surface area contributed by atoms with E-state index in [4.69, 9.17) is 0 Å². The van der Waals surface area contributed by atoms with Gasteiger partial charge in [0, 0.05) is 18.7 Å². The summed E-state index contributed by atoms with van der Waals surface area (Å²) >= 11 is 0. The third kappa shape index (κ3) is 3.37. The average molecular weight is 245 g/mol. The van der Waals surface area contributed by atoms with Gasteiger partial charge in [-0.25, -0.2) is 0 Å². The summed E-state index contributed by atoms with van der Waals surface area (Å²) in [5.74, 6) is 0.387. The van der Waals surface area contributed by atoms with Gasteiger partial charge in [0.2, 0.25) is 0 Å². The molecule has 1 aliphatic rings. The van der Waals surface area contributed by atoms with Crippen molar-refractivity contribution >= 4 is 5.69 Å². The first kappa shape index (κ1) is 12.7. The van der Waals surface area contributed by atoms with Crippen LogP contribution >= 0.6 is 0 Å². The zero-order chi connectivity index (χ0) is 13.0. The van der Waals surface area contributed by atoms with Gasteiger partial charge in [-0.1, -0.05) is 23.8 Å². The van der Waals surface area contributed by atoms with Crippen LogP contribution in [0.3, 0.4) is 0 Å². The third-order valence-electron chi connectivity index (χ3n) is 3.14. The van der Waals surface area contributed by atoms with Gasteiger partial charge in [0.05, 0.1) is 11.9 Å². The minimum atomic E-state index is -0.504. The van der Waals surface area contributed by atoms with Gasteiger partial charge >= 0.3 is 0 Å². The summed E-state index contributed by atoms with van der Waals surface area (Å²) in [5.41, 5.74) is 3.19. The Morgan fingerprint density at radius 2 is 1.89 bits per heavy atom. The lowest BCUT2D eigenvalue weighted by atomic mass is 9.99. The van der Waals surface area contributed by atoms with Crippen molar-refractivity contribution in [3.63, 3.8) is 0 Å². The van der Waals surface area contributed by atoms with Crippen molar-refractivity contribution in [2.75, 3.05) is 11.9 Å². The minimum absolute atomic E-state index is 0.387. The second kappa shape index (κ2) is 5.74. The summed E-state index contributed by atoms with van der Waals surface area (Å²) < 4.78 is 0. The maximum atomic E-state index is 10.0. The first-order chi connectivity index (χ1) is 8.65. The molecule has 3 heteroatoms. The molecular formula is C15H19NO2. The molecule has 0 spiro atoms. The zero-order valence-electron chi connectivity index (χ0n) is 10.6. The van der Waals surface area contributed by atoms with E-state index in [2.05, 4.69) is 5.32 Å². The van der Waals surface area contributed by atoms with Crippen LogP contribution in [0.5, 0.6) is 0 Å². The van der Waals surface area contributed by atoms with E-state index in [1.54, 1.807) is 12.2 Å². The molecule has 0 aliphatic heterocycles. The molecule has 96 valence electrons.